The van der Waals surface area contributed by atoms with Crippen molar-refractivity contribution in [2.24, 2.45) is 11.3 Å². The molecule has 0 aliphatic carbocycles. The van der Waals surface area contributed by atoms with Crippen LogP contribution in [-0.2, 0) is 9.59 Å². The SMILES string of the molecule is CC(CC(=O)NC(c1cccc(Cl)c1)c1ccc(Cl)cc1NC=O)CC(C)(C)C. The van der Waals surface area contributed by atoms with Crippen LogP contribution in [0.1, 0.15) is 57.7 Å². The van der Waals surface area contributed by atoms with E-state index in [0.29, 0.717) is 28.6 Å². The van der Waals surface area contributed by atoms with Crippen molar-refractivity contribution in [2.45, 2.75) is 46.6 Å². The van der Waals surface area contributed by atoms with E-state index in [1.165, 1.54) is 0 Å². The summed E-state index contributed by atoms with van der Waals surface area (Å²) in [5, 5.41) is 6.86. The predicted octanol–water partition coefficient (Wildman–Crippen LogP) is 6.23. The van der Waals surface area contributed by atoms with Crippen molar-refractivity contribution in [1.82, 2.24) is 5.32 Å². The lowest BCUT2D eigenvalue weighted by Crippen LogP contribution is -2.31. The summed E-state index contributed by atoms with van der Waals surface area (Å²) in [7, 11) is 0. The van der Waals surface area contributed by atoms with Gasteiger partial charge in [-0.15, -0.1) is 0 Å². The first-order chi connectivity index (χ1) is 13.6. The number of hydrogen-bond donors (Lipinski definition) is 2. The first kappa shape index (κ1) is 23.2. The molecular weight excluding hydrogens is 407 g/mol. The number of amides is 2. The second-order valence-electron chi connectivity index (χ2n) is 8.62. The molecule has 2 N–H and O–H groups in total. The Balaban J connectivity index is 2.35. The largest absolute Gasteiger partial charge is 0.345 e. The van der Waals surface area contributed by atoms with Gasteiger partial charge in [-0.1, -0.05) is 69.1 Å². The molecule has 2 amide bonds. The van der Waals surface area contributed by atoms with E-state index in [2.05, 4.69) is 38.3 Å². The van der Waals surface area contributed by atoms with E-state index in [1.54, 1.807) is 24.3 Å². The Kier molecular flexibility index (Phi) is 8.12. The predicted molar refractivity (Wildman–Crippen MR) is 120 cm³/mol. The van der Waals surface area contributed by atoms with Gasteiger partial charge < -0.3 is 10.6 Å². The molecule has 156 valence electrons. The number of rotatable bonds is 8. The first-order valence-electron chi connectivity index (χ1n) is 9.63. The molecule has 2 atom stereocenters. The quantitative estimate of drug-likeness (QED) is 0.483. The van der Waals surface area contributed by atoms with Crippen LogP contribution in [0, 0.1) is 11.3 Å². The standard InChI is InChI=1S/C23H28Cl2N2O2/c1-15(13-23(2,3)4)10-21(29)27-22(16-6-5-7-17(24)11-16)19-9-8-18(25)12-20(19)26-14-28/h5-9,11-12,14-15,22H,10,13H2,1-4H3,(H,26,28)(H,27,29). The lowest BCUT2D eigenvalue weighted by atomic mass is 9.84. The number of carbonyl (C=O) groups excluding carboxylic acids is 2. The fourth-order valence-electron chi connectivity index (χ4n) is 3.65. The van der Waals surface area contributed by atoms with E-state index >= 15 is 0 Å². The fraction of sp³-hybridized carbons (Fsp3) is 0.391. The highest BCUT2D eigenvalue weighted by Crippen LogP contribution is 2.32. The Labute approximate surface area is 183 Å². The van der Waals surface area contributed by atoms with E-state index in [9.17, 15) is 9.59 Å². The average molecular weight is 435 g/mol. The first-order valence-corrected chi connectivity index (χ1v) is 10.4. The van der Waals surface area contributed by atoms with Crippen LogP contribution in [0.4, 0.5) is 5.69 Å². The minimum atomic E-state index is -0.470. The zero-order chi connectivity index (χ0) is 21.6. The van der Waals surface area contributed by atoms with Gasteiger partial charge in [0.25, 0.3) is 0 Å². The Morgan fingerprint density at radius 3 is 2.41 bits per heavy atom. The molecule has 0 saturated carbocycles. The molecular formula is C23H28Cl2N2O2. The lowest BCUT2D eigenvalue weighted by molar-refractivity contribution is -0.122. The van der Waals surface area contributed by atoms with Crippen LogP contribution in [0.5, 0.6) is 0 Å². The van der Waals surface area contributed by atoms with Crippen LogP contribution in [0.15, 0.2) is 42.5 Å². The molecule has 29 heavy (non-hydrogen) atoms. The molecule has 6 heteroatoms. The maximum absolute atomic E-state index is 12.9. The second kappa shape index (κ2) is 10.1. The monoisotopic (exact) mass is 434 g/mol. The van der Waals surface area contributed by atoms with Crippen LogP contribution in [0.3, 0.4) is 0 Å². The normalized spacial score (nSPS) is 13.4. The van der Waals surface area contributed by atoms with Gasteiger partial charge in [-0.2, -0.15) is 0 Å². The highest BCUT2D eigenvalue weighted by Gasteiger charge is 2.23. The summed E-state index contributed by atoms with van der Waals surface area (Å²) in [6.45, 7) is 8.59. The van der Waals surface area contributed by atoms with Crippen molar-refractivity contribution in [3.05, 3.63) is 63.6 Å². The third-order valence-corrected chi connectivity index (χ3v) is 4.99. The number of hydrogen-bond acceptors (Lipinski definition) is 2. The molecule has 0 radical (unpaired) electrons. The van der Waals surface area contributed by atoms with Gasteiger partial charge in [0.05, 0.1) is 6.04 Å². The summed E-state index contributed by atoms with van der Waals surface area (Å²) in [5.41, 5.74) is 2.26. The molecule has 0 spiro atoms. The van der Waals surface area contributed by atoms with Crippen molar-refractivity contribution in [3.63, 3.8) is 0 Å². The smallest absolute Gasteiger partial charge is 0.221 e. The van der Waals surface area contributed by atoms with Crippen LogP contribution in [0.2, 0.25) is 10.0 Å². The molecule has 0 fully saturated rings. The fourth-order valence-corrected chi connectivity index (χ4v) is 4.02. The molecule has 0 bridgehead atoms. The van der Waals surface area contributed by atoms with E-state index < -0.39 is 6.04 Å². The molecule has 2 unspecified atom stereocenters. The van der Waals surface area contributed by atoms with Crippen molar-refractivity contribution in [2.75, 3.05) is 5.32 Å². The summed E-state index contributed by atoms with van der Waals surface area (Å²) < 4.78 is 0. The topological polar surface area (TPSA) is 58.2 Å². The van der Waals surface area contributed by atoms with Gasteiger partial charge in [-0.05, 0) is 47.6 Å². The van der Waals surface area contributed by atoms with Gasteiger partial charge in [0.1, 0.15) is 0 Å². The van der Waals surface area contributed by atoms with E-state index in [4.69, 9.17) is 23.2 Å². The lowest BCUT2D eigenvalue weighted by Gasteiger charge is -2.25. The Hall–Kier alpha value is -2.04. The van der Waals surface area contributed by atoms with E-state index in [-0.39, 0.29) is 17.2 Å². The summed E-state index contributed by atoms with van der Waals surface area (Å²) in [6.07, 6.45) is 1.96. The van der Waals surface area contributed by atoms with Gasteiger partial charge in [0.15, 0.2) is 0 Å². The maximum atomic E-state index is 12.9. The van der Waals surface area contributed by atoms with E-state index in [0.717, 1.165) is 17.5 Å². The molecule has 4 nitrogen and oxygen atoms in total. The second-order valence-corrected chi connectivity index (χ2v) is 9.50. The van der Waals surface area contributed by atoms with Gasteiger partial charge in [-0.25, -0.2) is 0 Å². The zero-order valence-corrected chi connectivity index (χ0v) is 18.8. The van der Waals surface area contributed by atoms with Crippen LogP contribution < -0.4 is 10.6 Å². The maximum Gasteiger partial charge on any atom is 0.221 e. The Bertz CT molecular complexity index is 862. The highest BCUT2D eigenvalue weighted by molar-refractivity contribution is 6.31. The Morgan fingerprint density at radius 1 is 1.10 bits per heavy atom. The number of benzene rings is 2. The molecule has 0 aromatic heterocycles. The third-order valence-electron chi connectivity index (χ3n) is 4.52. The van der Waals surface area contributed by atoms with Gasteiger partial charge in [0, 0.05) is 27.7 Å². The summed E-state index contributed by atoms with van der Waals surface area (Å²) in [4.78, 5) is 23.9. The van der Waals surface area contributed by atoms with E-state index in [1.807, 2.05) is 18.2 Å². The summed E-state index contributed by atoms with van der Waals surface area (Å²) >= 11 is 12.3. The number of carbonyl (C=O) groups is 2. The number of nitrogens with one attached hydrogen (secondary N) is 2. The van der Waals surface area contributed by atoms with Crippen molar-refractivity contribution in [1.29, 1.82) is 0 Å². The molecule has 0 aliphatic rings. The molecule has 2 aromatic rings. The molecule has 0 aliphatic heterocycles. The van der Waals surface area contributed by atoms with Crippen LogP contribution in [0.25, 0.3) is 0 Å². The summed E-state index contributed by atoms with van der Waals surface area (Å²) in [5.74, 6) is 0.187. The molecule has 2 aromatic carbocycles. The van der Waals surface area contributed by atoms with Crippen molar-refractivity contribution in [3.8, 4) is 0 Å². The minimum absolute atomic E-state index is 0.0567. The minimum Gasteiger partial charge on any atom is -0.345 e. The third kappa shape index (κ3) is 7.37. The van der Waals surface area contributed by atoms with Gasteiger partial charge >= 0.3 is 0 Å². The highest BCUT2D eigenvalue weighted by atomic mass is 35.5. The molecule has 0 heterocycles. The Morgan fingerprint density at radius 2 is 1.79 bits per heavy atom. The molecule has 2 rings (SSSR count). The van der Waals surface area contributed by atoms with Crippen molar-refractivity contribution >= 4 is 41.2 Å². The summed E-state index contributed by atoms with van der Waals surface area (Å²) in [6, 6.07) is 12.1. The zero-order valence-electron chi connectivity index (χ0n) is 17.3. The number of anilines is 1. The van der Waals surface area contributed by atoms with Gasteiger partial charge in [0.2, 0.25) is 12.3 Å². The van der Waals surface area contributed by atoms with Crippen LogP contribution in [-0.4, -0.2) is 12.3 Å². The number of halogens is 2. The average Bonchev–Trinajstić information content (AvgIpc) is 2.59. The van der Waals surface area contributed by atoms with Gasteiger partial charge in [-0.3, -0.25) is 9.59 Å². The molecule has 0 saturated heterocycles. The van der Waals surface area contributed by atoms with Crippen molar-refractivity contribution < 1.29 is 9.59 Å². The van der Waals surface area contributed by atoms with Crippen LogP contribution >= 0.6 is 23.2 Å².